The van der Waals surface area contributed by atoms with Crippen LogP contribution < -0.4 is 4.74 Å². The molecule has 1 rings (SSSR count). The van der Waals surface area contributed by atoms with Crippen LogP contribution in [0.15, 0.2) is 18.2 Å². The summed E-state index contributed by atoms with van der Waals surface area (Å²) in [6.07, 6.45) is 3.38. The lowest BCUT2D eigenvalue weighted by Gasteiger charge is -2.05. The van der Waals surface area contributed by atoms with Crippen LogP contribution in [0, 0.1) is 13.7 Å². The summed E-state index contributed by atoms with van der Waals surface area (Å²) in [5.74, 6) is 0.308. The van der Waals surface area contributed by atoms with Gasteiger partial charge in [-0.05, 0) is 35.6 Å². The Balaban J connectivity index is 3.40. The monoisotopic (exact) mass is 333 g/mol. The molecule has 0 aliphatic heterocycles. The number of hydrogen-bond acceptors (Lipinski definition) is 4. The second-order valence-electron chi connectivity index (χ2n) is 2.78. The van der Waals surface area contributed by atoms with Crippen LogP contribution in [0.1, 0.15) is 12.5 Å². The number of nitro groups is 1. The third-order valence-electron chi connectivity index (χ3n) is 1.82. The first kappa shape index (κ1) is 12.6. The lowest BCUT2D eigenvalue weighted by Crippen LogP contribution is -1.98. The van der Waals surface area contributed by atoms with Crippen LogP contribution in [0.4, 0.5) is 5.69 Å². The third-order valence-corrected chi connectivity index (χ3v) is 2.96. The molecule has 0 saturated carbocycles. The van der Waals surface area contributed by atoms with Gasteiger partial charge in [0.2, 0.25) is 0 Å². The second kappa shape index (κ2) is 5.59. The van der Waals surface area contributed by atoms with Gasteiger partial charge in [0.15, 0.2) is 0 Å². The number of carbonyl (C=O) groups excluding carboxylic acids is 1. The minimum absolute atomic E-state index is 0.00745. The van der Waals surface area contributed by atoms with Crippen molar-refractivity contribution in [2.75, 3.05) is 0 Å². The van der Waals surface area contributed by atoms with E-state index in [-0.39, 0.29) is 5.69 Å². The number of benzene rings is 1. The highest BCUT2D eigenvalue weighted by atomic mass is 127. The molecule has 5 nitrogen and oxygen atoms in total. The van der Waals surface area contributed by atoms with Crippen LogP contribution in [-0.4, -0.2) is 11.4 Å². The molecule has 0 aromatic heterocycles. The molecule has 0 bridgehead atoms. The summed E-state index contributed by atoms with van der Waals surface area (Å²) >= 11 is 1.86. The van der Waals surface area contributed by atoms with Crippen LogP contribution in [0.2, 0.25) is 0 Å². The fourth-order valence-corrected chi connectivity index (χ4v) is 2.00. The van der Waals surface area contributed by atoms with Crippen molar-refractivity contribution in [2.24, 2.45) is 0 Å². The first-order valence-electron chi connectivity index (χ1n) is 4.31. The van der Waals surface area contributed by atoms with E-state index in [4.69, 9.17) is 4.74 Å². The van der Waals surface area contributed by atoms with Crippen molar-refractivity contribution in [2.45, 2.75) is 6.92 Å². The summed E-state index contributed by atoms with van der Waals surface area (Å²) in [7, 11) is 0. The topological polar surface area (TPSA) is 69.4 Å². The highest BCUT2D eigenvalue weighted by molar-refractivity contribution is 14.1. The Morgan fingerprint density at radius 2 is 2.19 bits per heavy atom. The highest BCUT2D eigenvalue weighted by Gasteiger charge is 2.17. The van der Waals surface area contributed by atoms with E-state index in [2.05, 4.69) is 0 Å². The summed E-state index contributed by atoms with van der Waals surface area (Å²) in [5.41, 5.74) is 0.524. The fraction of sp³-hybridized carbons (Fsp3) is 0.100. The molecule has 1 aromatic rings. The molecule has 16 heavy (non-hydrogen) atoms. The van der Waals surface area contributed by atoms with Crippen molar-refractivity contribution in [3.05, 3.63) is 37.5 Å². The van der Waals surface area contributed by atoms with Gasteiger partial charge >= 0.3 is 0 Å². The fourth-order valence-electron chi connectivity index (χ4n) is 1.18. The van der Waals surface area contributed by atoms with E-state index in [1.54, 1.807) is 19.1 Å². The van der Waals surface area contributed by atoms with Gasteiger partial charge in [-0.25, -0.2) is 0 Å². The molecule has 0 aliphatic rings. The Morgan fingerprint density at radius 3 is 2.69 bits per heavy atom. The molecule has 84 valence electrons. The first-order valence-corrected chi connectivity index (χ1v) is 5.39. The highest BCUT2D eigenvalue weighted by Crippen LogP contribution is 2.32. The molecule has 0 amide bonds. The van der Waals surface area contributed by atoms with E-state index >= 15 is 0 Å². The maximum absolute atomic E-state index is 10.7. The number of ether oxygens (including phenoxy) is 1. The smallest absolute Gasteiger partial charge is 0.298 e. The Labute approximate surface area is 105 Å². The van der Waals surface area contributed by atoms with Crippen molar-refractivity contribution in [3.63, 3.8) is 0 Å². The summed E-state index contributed by atoms with van der Waals surface area (Å²) in [5, 5.41) is 10.7. The largest absolute Gasteiger partial charge is 0.428 e. The number of carbonyl (C=O) groups is 1. The zero-order valence-corrected chi connectivity index (χ0v) is 10.5. The molecule has 0 spiro atoms. The quantitative estimate of drug-likeness (QED) is 0.368. The Hall–Kier alpha value is -1.44. The minimum atomic E-state index is -0.473. The number of nitrogens with zero attached hydrogens (tertiary/aromatic N) is 1. The second-order valence-corrected chi connectivity index (χ2v) is 3.86. The van der Waals surface area contributed by atoms with Crippen molar-refractivity contribution < 1.29 is 14.5 Å². The van der Waals surface area contributed by atoms with E-state index in [1.807, 2.05) is 22.6 Å². The molecule has 0 fully saturated rings. The van der Waals surface area contributed by atoms with Crippen LogP contribution in [-0.2, 0) is 4.79 Å². The molecule has 0 N–H and O–H groups in total. The van der Waals surface area contributed by atoms with Gasteiger partial charge in [-0.1, -0.05) is 12.2 Å². The zero-order valence-electron chi connectivity index (χ0n) is 8.34. The van der Waals surface area contributed by atoms with Gasteiger partial charge in [-0.2, -0.15) is 0 Å². The standard InChI is InChI=1S/C10H8INO4/c1-2-3-7-9(16-6-13)5-4-8(10(7)11)12(14)15/h2-6H,1H3/b3-2-. The van der Waals surface area contributed by atoms with Crippen LogP contribution in [0.25, 0.3) is 6.08 Å². The number of allylic oxidation sites excluding steroid dienone is 1. The summed E-state index contributed by atoms with van der Waals surface area (Å²) in [6.45, 7) is 2.07. The van der Waals surface area contributed by atoms with Crippen molar-refractivity contribution in [3.8, 4) is 5.75 Å². The van der Waals surface area contributed by atoms with Gasteiger partial charge in [-0.15, -0.1) is 0 Å². The van der Waals surface area contributed by atoms with Crippen molar-refractivity contribution >= 4 is 40.8 Å². The van der Waals surface area contributed by atoms with Gasteiger partial charge in [0, 0.05) is 11.6 Å². The SMILES string of the molecule is C/C=C\c1c(OC=O)ccc([N+](=O)[O-])c1I. The number of halogens is 1. The lowest BCUT2D eigenvalue weighted by molar-refractivity contribution is -0.385. The molecule has 0 saturated heterocycles. The molecule has 6 heteroatoms. The molecule has 0 aliphatic carbocycles. The summed E-state index contributed by atoms with van der Waals surface area (Å²) in [6, 6.07) is 2.72. The maximum Gasteiger partial charge on any atom is 0.298 e. The van der Waals surface area contributed by atoms with Gasteiger partial charge in [0.25, 0.3) is 12.2 Å². The Bertz CT molecular complexity index is 456. The number of hydrogen-bond donors (Lipinski definition) is 0. The first-order chi connectivity index (χ1) is 7.61. The summed E-state index contributed by atoms with van der Waals surface area (Å²) in [4.78, 5) is 20.5. The predicted molar refractivity (Wildman–Crippen MR) is 67.2 cm³/mol. The van der Waals surface area contributed by atoms with E-state index in [0.29, 0.717) is 21.4 Å². The van der Waals surface area contributed by atoms with Gasteiger partial charge in [-0.3, -0.25) is 14.9 Å². The molecule has 0 radical (unpaired) electrons. The maximum atomic E-state index is 10.7. The van der Waals surface area contributed by atoms with Crippen molar-refractivity contribution in [1.82, 2.24) is 0 Å². The molecular weight excluding hydrogens is 325 g/mol. The van der Waals surface area contributed by atoms with Crippen LogP contribution in [0.5, 0.6) is 5.75 Å². The summed E-state index contributed by atoms with van der Waals surface area (Å²) < 4.78 is 5.19. The van der Waals surface area contributed by atoms with Gasteiger partial charge < -0.3 is 4.74 Å². The van der Waals surface area contributed by atoms with E-state index in [1.165, 1.54) is 12.1 Å². The van der Waals surface area contributed by atoms with Crippen molar-refractivity contribution in [1.29, 1.82) is 0 Å². The minimum Gasteiger partial charge on any atom is -0.428 e. The average Bonchev–Trinajstić information content (AvgIpc) is 2.23. The van der Waals surface area contributed by atoms with Gasteiger partial charge in [0.1, 0.15) is 9.32 Å². The Kier molecular flexibility index (Phi) is 4.41. The van der Waals surface area contributed by atoms with Crippen LogP contribution in [0.3, 0.4) is 0 Å². The molecule has 0 unspecified atom stereocenters. The Morgan fingerprint density at radius 1 is 1.50 bits per heavy atom. The predicted octanol–water partition coefficient (Wildman–Crippen LogP) is 2.77. The lowest BCUT2D eigenvalue weighted by atomic mass is 10.1. The van der Waals surface area contributed by atoms with Gasteiger partial charge in [0.05, 0.1) is 4.92 Å². The van der Waals surface area contributed by atoms with E-state index < -0.39 is 4.92 Å². The average molecular weight is 333 g/mol. The van der Waals surface area contributed by atoms with E-state index in [0.717, 1.165) is 0 Å². The molecule has 0 heterocycles. The number of nitro benzene ring substituents is 1. The number of rotatable bonds is 4. The molecule has 0 atom stereocenters. The molecule has 1 aromatic carbocycles. The normalized spacial score (nSPS) is 10.4. The third kappa shape index (κ3) is 2.57. The van der Waals surface area contributed by atoms with Crippen LogP contribution >= 0.6 is 22.6 Å². The molecular formula is C10H8INO4. The van der Waals surface area contributed by atoms with E-state index in [9.17, 15) is 14.9 Å². The zero-order chi connectivity index (χ0) is 12.1.